The molecule has 1 aliphatic rings. The molecule has 0 amide bonds. The van der Waals surface area contributed by atoms with Gasteiger partial charge < -0.3 is 9.64 Å². The van der Waals surface area contributed by atoms with Gasteiger partial charge in [0.1, 0.15) is 0 Å². The van der Waals surface area contributed by atoms with Crippen LogP contribution in [0.2, 0.25) is 5.02 Å². The Bertz CT molecular complexity index is 324. The fourth-order valence-corrected chi connectivity index (χ4v) is 1.78. The molecule has 0 aromatic heterocycles. The first-order valence-electron chi connectivity index (χ1n) is 4.56. The summed E-state index contributed by atoms with van der Waals surface area (Å²) in [5.41, 5.74) is 0.822. The van der Waals surface area contributed by atoms with E-state index in [2.05, 4.69) is 4.90 Å². The number of morpholine rings is 1. The van der Waals surface area contributed by atoms with Crippen molar-refractivity contribution in [3.05, 3.63) is 23.2 Å². The van der Waals surface area contributed by atoms with Gasteiger partial charge in [0.25, 0.3) is 0 Å². The predicted octanol–water partition coefficient (Wildman–Crippen LogP) is 2.32. The molecule has 0 saturated carbocycles. The van der Waals surface area contributed by atoms with Gasteiger partial charge in [0.2, 0.25) is 0 Å². The molecule has 75 valence electrons. The minimum Gasteiger partial charge on any atom is -0.378 e. The van der Waals surface area contributed by atoms with Crippen LogP contribution in [0.25, 0.3) is 0 Å². The molecular formula is C10H11ClNO2. The average molecular weight is 213 g/mol. The summed E-state index contributed by atoms with van der Waals surface area (Å²) in [4.78, 5) is 2.08. The van der Waals surface area contributed by atoms with Crippen molar-refractivity contribution in [3.8, 4) is 5.75 Å². The van der Waals surface area contributed by atoms with Crippen LogP contribution in [-0.2, 0) is 9.84 Å². The Balaban J connectivity index is 2.24. The van der Waals surface area contributed by atoms with Crippen LogP contribution in [0.15, 0.2) is 18.2 Å². The van der Waals surface area contributed by atoms with Gasteiger partial charge in [0.05, 0.1) is 23.9 Å². The molecule has 0 N–H and O–H groups in total. The highest BCUT2D eigenvalue weighted by molar-refractivity contribution is 6.33. The molecule has 0 aliphatic carbocycles. The fourth-order valence-electron chi connectivity index (χ4n) is 1.54. The van der Waals surface area contributed by atoms with Gasteiger partial charge >= 0.3 is 0 Å². The largest absolute Gasteiger partial charge is 0.378 e. The summed E-state index contributed by atoms with van der Waals surface area (Å²) >= 11 is 6.01. The highest BCUT2D eigenvalue weighted by Crippen LogP contribution is 2.30. The second-order valence-electron chi connectivity index (χ2n) is 3.21. The molecule has 4 heteroatoms. The van der Waals surface area contributed by atoms with E-state index in [1.165, 1.54) is 6.07 Å². The number of halogens is 1. The van der Waals surface area contributed by atoms with E-state index in [1.54, 1.807) is 12.1 Å². The van der Waals surface area contributed by atoms with E-state index in [0.717, 1.165) is 18.8 Å². The van der Waals surface area contributed by atoms with Crippen LogP contribution >= 0.6 is 11.6 Å². The first-order valence-corrected chi connectivity index (χ1v) is 4.94. The summed E-state index contributed by atoms with van der Waals surface area (Å²) in [5, 5.41) is 11.8. The number of benzene rings is 1. The summed E-state index contributed by atoms with van der Waals surface area (Å²) < 4.78 is 5.23. The quantitative estimate of drug-likeness (QED) is 0.716. The van der Waals surface area contributed by atoms with Crippen molar-refractivity contribution in [2.24, 2.45) is 0 Å². The van der Waals surface area contributed by atoms with E-state index >= 15 is 0 Å². The maximum Gasteiger partial charge on any atom is 0.180 e. The Morgan fingerprint density at radius 1 is 1.29 bits per heavy atom. The number of rotatable bonds is 1. The highest BCUT2D eigenvalue weighted by Gasteiger charge is 2.14. The Labute approximate surface area is 87.9 Å². The monoisotopic (exact) mass is 212 g/mol. The molecule has 1 heterocycles. The zero-order valence-corrected chi connectivity index (χ0v) is 8.46. The van der Waals surface area contributed by atoms with Crippen LogP contribution in [0.5, 0.6) is 5.75 Å². The van der Waals surface area contributed by atoms with Crippen molar-refractivity contribution >= 4 is 17.3 Å². The summed E-state index contributed by atoms with van der Waals surface area (Å²) in [6, 6.07) is 4.70. The number of nitrogens with zero attached hydrogens (tertiary/aromatic N) is 1. The molecular weight excluding hydrogens is 202 g/mol. The number of anilines is 1. The van der Waals surface area contributed by atoms with Gasteiger partial charge in [-0.05, 0) is 12.1 Å². The van der Waals surface area contributed by atoms with E-state index < -0.39 is 0 Å². The van der Waals surface area contributed by atoms with Crippen LogP contribution in [0, 0.1) is 0 Å². The maximum atomic E-state index is 11.2. The predicted molar refractivity (Wildman–Crippen MR) is 54.6 cm³/mol. The van der Waals surface area contributed by atoms with E-state index in [-0.39, 0.29) is 5.75 Å². The third-order valence-corrected chi connectivity index (χ3v) is 2.59. The average Bonchev–Trinajstić information content (AvgIpc) is 2.23. The molecule has 1 aromatic rings. The van der Waals surface area contributed by atoms with Crippen LogP contribution in [-0.4, -0.2) is 26.3 Å². The molecule has 1 saturated heterocycles. The Morgan fingerprint density at radius 3 is 2.71 bits per heavy atom. The zero-order valence-electron chi connectivity index (χ0n) is 7.70. The lowest BCUT2D eigenvalue weighted by atomic mass is 10.2. The first-order chi connectivity index (χ1) is 6.77. The van der Waals surface area contributed by atoms with Crippen LogP contribution in [0.3, 0.4) is 0 Å². The summed E-state index contributed by atoms with van der Waals surface area (Å²) in [5.74, 6) is -0.00380. The van der Waals surface area contributed by atoms with Gasteiger partial charge in [-0.3, -0.25) is 5.11 Å². The van der Waals surface area contributed by atoms with Gasteiger partial charge in [-0.25, -0.2) is 0 Å². The van der Waals surface area contributed by atoms with Crippen LogP contribution in [0.4, 0.5) is 5.69 Å². The third kappa shape index (κ3) is 1.94. The molecule has 1 fully saturated rings. The standard InChI is InChI=1S/C10H11ClNO2/c11-9-2-1-8(13)7-10(9)12-3-5-14-6-4-12/h1-2,7H,3-6H2. The van der Waals surface area contributed by atoms with Gasteiger partial charge in [0.15, 0.2) is 5.75 Å². The molecule has 3 nitrogen and oxygen atoms in total. The maximum absolute atomic E-state index is 11.2. The Morgan fingerprint density at radius 2 is 2.00 bits per heavy atom. The minimum absolute atomic E-state index is 0.00380. The minimum atomic E-state index is -0.00380. The molecule has 2 rings (SSSR count). The van der Waals surface area contributed by atoms with Crippen LogP contribution < -0.4 is 4.90 Å². The van der Waals surface area contributed by atoms with Crippen LogP contribution in [0.1, 0.15) is 0 Å². The third-order valence-electron chi connectivity index (χ3n) is 2.27. The summed E-state index contributed by atoms with van der Waals surface area (Å²) in [7, 11) is 0. The molecule has 0 spiro atoms. The molecule has 0 atom stereocenters. The lowest BCUT2D eigenvalue weighted by Crippen LogP contribution is -2.36. The molecule has 14 heavy (non-hydrogen) atoms. The fraction of sp³-hybridized carbons (Fsp3) is 0.400. The molecule has 0 bridgehead atoms. The molecule has 1 aromatic carbocycles. The Hall–Kier alpha value is -0.930. The summed E-state index contributed by atoms with van der Waals surface area (Å²) in [6.45, 7) is 2.98. The molecule has 1 aliphatic heterocycles. The lowest BCUT2D eigenvalue weighted by molar-refractivity contribution is 0.122. The van der Waals surface area contributed by atoms with Crippen molar-refractivity contribution in [2.45, 2.75) is 0 Å². The SMILES string of the molecule is [O]c1ccc(Cl)c(N2CCOCC2)c1. The van der Waals surface area contributed by atoms with Crippen molar-refractivity contribution < 1.29 is 9.84 Å². The van der Waals surface area contributed by atoms with E-state index in [0.29, 0.717) is 18.2 Å². The van der Waals surface area contributed by atoms with Crippen molar-refractivity contribution in [3.63, 3.8) is 0 Å². The van der Waals surface area contributed by atoms with Gasteiger partial charge in [-0.2, -0.15) is 0 Å². The topological polar surface area (TPSA) is 32.4 Å². The normalized spacial score (nSPS) is 17.1. The number of hydrogen-bond acceptors (Lipinski definition) is 2. The van der Waals surface area contributed by atoms with Crippen molar-refractivity contribution in [1.29, 1.82) is 0 Å². The van der Waals surface area contributed by atoms with Gasteiger partial charge in [-0.1, -0.05) is 11.6 Å². The van der Waals surface area contributed by atoms with E-state index in [9.17, 15) is 5.11 Å². The number of hydrogen-bond donors (Lipinski definition) is 0. The van der Waals surface area contributed by atoms with E-state index in [1.807, 2.05) is 0 Å². The Kier molecular flexibility index (Phi) is 2.79. The van der Waals surface area contributed by atoms with E-state index in [4.69, 9.17) is 16.3 Å². The second-order valence-corrected chi connectivity index (χ2v) is 3.62. The highest BCUT2D eigenvalue weighted by atomic mass is 35.5. The zero-order chi connectivity index (χ0) is 9.97. The van der Waals surface area contributed by atoms with Crippen molar-refractivity contribution in [2.75, 3.05) is 31.2 Å². The first kappa shape index (κ1) is 9.62. The smallest absolute Gasteiger partial charge is 0.180 e. The van der Waals surface area contributed by atoms with Crippen molar-refractivity contribution in [1.82, 2.24) is 0 Å². The number of ether oxygens (including phenoxy) is 1. The summed E-state index contributed by atoms with van der Waals surface area (Å²) in [6.07, 6.45) is 0. The van der Waals surface area contributed by atoms with Gasteiger partial charge in [0, 0.05) is 19.2 Å². The molecule has 1 radical (unpaired) electrons. The molecule has 0 unspecified atom stereocenters. The lowest BCUT2D eigenvalue weighted by Gasteiger charge is -2.29. The van der Waals surface area contributed by atoms with Gasteiger partial charge in [-0.15, -0.1) is 0 Å². The second kappa shape index (κ2) is 4.07.